The van der Waals surface area contributed by atoms with Gasteiger partial charge in [0.1, 0.15) is 0 Å². The number of carboxylic acid groups (broad SMARTS) is 1. The van der Waals surface area contributed by atoms with Gasteiger partial charge in [-0.3, -0.25) is 4.79 Å². The fourth-order valence-electron chi connectivity index (χ4n) is 2.49. The van der Waals surface area contributed by atoms with Crippen LogP contribution < -0.4 is 5.56 Å². The second kappa shape index (κ2) is 5.66. The molecule has 0 spiro atoms. The lowest BCUT2D eigenvalue weighted by molar-refractivity contribution is 0.0698. The fraction of sp³-hybridized carbons (Fsp3) is 0.0588. The van der Waals surface area contributed by atoms with Crippen LogP contribution in [0.15, 0.2) is 59.4 Å². The summed E-state index contributed by atoms with van der Waals surface area (Å²) in [6, 6.07) is 15.4. The van der Waals surface area contributed by atoms with Crippen molar-refractivity contribution < 1.29 is 9.90 Å². The number of aromatic carboxylic acids is 1. The van der Waals surface area contributed by atoms with Crippen LogP contribution in [0.3, 0.4) is 0 Å². The number of carbonyl (C=O) groups is 1. The SMILES string of the molecule is O=C(O)c1cc(=O)n(Cc2cccc(Cl)c2)c2ccccc12. The Bertz CT molecular complexity index is 931. The van der Waals surface area contributed by atoms with Crippen molar-refractivity contribution in [1.82, 2.24) is 4.57 Å². The molecule has 1 aromatic heterocycles. The van der Waals surface area contributed by atoms with Gasteiger partial charge in [0.2, 0.25) is 0 Å². The van der Waals surface area contributed by atoms with Crippen LogP contribution in [0, 0.1) is 0 Å². The number of benzene rings is 2. The Kier molecular flexibility index (Phi) is 3.69. The molecular weight excluding hydrogens is 302 g/mol. The quantitative estimate of drug-likeness (QED) is 0.806. The highest BCUT2D eigenvalue weighted by Crippen LogP contribution is 2.19. The summed E-state index contributed by atoms with van der Waals surface area (Å²) in [5, 5.41) is 10.4. The van der Waals surface area contributed by atoms with E-state index in [1.807, 2.05) is 12.1 Å². The summed E-state index contributed by atoms with van der Waals surface area (Å²) >= 11 is 5.97. The zero-order valence-corrected chi connectivity index (χ0v) is 12.2. The smallest absolute Gasteiger partial charge is 0.336 e. The van der Waals surface area contributed by atoms with E-state index >= 15 is 0 Å². The second-order valence-corrected chi connectivity index (χ2v) is 5.37. The third kappa shape index (κ3) is 2.61. The monoisotopic (exact) mass is 313 g/mol. The van der Waals surface area contributed by atoms with Crippen LogP contribution in [-0.2, 0) is 6.54 Å². The van der Waals surface area contributed by atoms with Crippen LogP contribution in [0.2, 0.25) is 5.02 Å². The Morgan fingerprint density at radius 3 is 2.59 bits per heavy atom. The van der Waals surface area contributed by atoms with E-state index < -0.39 is 5.97 Å². The van der Waals surface area contributed by atoms with E-state index in [2.05, 4.69) is 0 Å². The highest BCUT2D eigenvalue weighted by molar-refractivity contribution is 6.30. The van der Waals surface area contributed by atoms with Crippen molar-refractivity contribution >= 4 is 28.5 Å². The van der Waals surface area contributed by atoms with Crippen molar-refractivity contribution in [3.63, 3.8) is 0 Å². The van der Waals surface area contributed by atoms with Crippen molar-refractivity contribution in [3.8, 4) is 0 Å². The first-order chi connectivity index (χ1) is 10.6. The van der Waals surface area contributed by atoms with Gasteiger partial charge in [-0.05, 0) is 23.8 Å². The van der Waals surface area contributed by atoms with Gasteiger partial charge in [-0.1, -0.05) is 41.9 Å². The molecule has 0 aliphatic heterocycles. The lowest BCUT2D eigenvalue weighted by atomic mass is 10.1. The fourth-order valence-corrected chi connectivity index (χ4v) is 2.71. The summed E-state index contributed by atoms with van der Waals surface area (Å²) in [6.45, 7) is 0.333. The van der Waals surface area contributed by atoms with Crippen molar-refractivity contribution in [2.75, 3.05) is 0 Å². The first-order valence-corrected chi connectivity index (χ1v) is 7.04. The minimum absolute atomic E-state index is 0.0166. The van der Waals surface area contributed by atoms with Crippen LogP contribution in [0.4, 0.5) is 0 Å². The highest BCUT2D eigenvalue weighted by Gasteiger charge is 2.13. The molecule has 0 saturated heterocycles. The molecule has 0 amide bonds. The summed E-state index contributed by atoms with van der Waals surface area (Å²) < 4.78 is 1.55. The number of halogens is 1. The first-order valence-electron chi connectivity index (χ1n) is 6.66. The summed E-state index contributed by atoms with van der Waals surface area (Å²) in [6.07, 6.45) is 0. The second-order valence-electron chi connectivity index (χ2n) is 4.93. The third-order valence-electron chi connectivity index (χ3n) is 3.48. The molecule has 3 rings (SSSR count). The minimum atomic E-state index is -1.11. The molecule has 0 bridgehead atoms. The van der Waals surface area contributed by atoms with Crippen LogP contribution >= 0.6 is 11.6 Å². The van der Waals surface area contributed by atoms with E-state index in [0.29, 0.717) is 22.5 Å². The third-order valence-corrected chi connectivity index (χ3v) is 3.71. The largest absolute Gasteiger partial charge is 0.478 e. The number of carboxylic acids is 1. The Morgan fingerprint density at radius 2 is 1.86 bits per heavy atom. The van der Waals surface area contributed by atoms with Gasteiger partial charge in [-0.25, -0.2) is 4.79 Å². The molecule has 0 aliphatic carbocycles. The van der Waals surface area contributed by atoms with E-state index in [1.54, 1.807) is 41.0 Å². The standard InChI is InChI=1S/C17H12ClNO3/c18-12-5-3-4-11(8-12)10-19-15-7-2-1-6-13(15)14(17(21)22)9-16(19)20/h1-9H,10H2,(H,21,22). The molecule has 110 valence electrons. The number of para-hydroxylation sites is 1. The van der Waals surface area contributed by atoms with Gasteiger partial charge >= 0.3 is 5.97 Å². The van der Waals surface area contributed by atoms with Crippen molar-refractivity contribution in [3.05, 3.63) is 81.1 Å². The molecule has 4 nitrogen and oxygen atoms in total. The molecule has 1 heterocycles. The van der Waals surface area contributed by atoms with Crippen LogP contribution in [0.5, 0.6) is 0 Å². The zero-order valence-electron chi connectivity index (χ0n) is 11.5. The number of hydrogen-bond acceptors (Lipinski definition) is 2. The number of rotatable bonds is 3. The highest BCUT2D eigenvalue weighted by atomic mass is 35.5. The predicted octanol–water partition coefficient (Wildman–Crippen LogP) is 3.40. The number of nitrogens with zero attached hydrogens (tertiary/aromatic N) is 1. The molecular formula is C17H12ClNO3. The Hall–Kier alpha value is -2.59. The van der Waals surface area contributed by atoms with E-state index in [-0.39, 0.29) is 11.1 Å². The predicted molar refractivity (Wildman–Crippen MR) is 85.7 cm³/mol. The lowest BCUT2D eigenvalue weighted by Gasteiger charge is -2.12. The van der Waals surface area contributed by atoms with Crippen LogP contribution in [0.25, 0.3) is 10.9 Å². The number of fused-ring (bicyclic) bond motifs is 1. The average molecular weight is 314 g/mol. The minimum Gasteiger partial charge on any atom is -0.478 e. The zero-order chi connectivity index (χ0) is 15.7. The molecule has 2 aromatic carbocycles. The summed E-state index contributed by atoms with van der Waals surface area (Å²) in [4.78, 5) is 23.6. The topological polar surface area (TPSA) is 59.3 Å². The molecule has 0 unspecified atom stereocenters. The maximum absolute atomic E-state index is 12.3. The summed E-state index contributed by atoms with van der Waals surface area (Å²) in [5.41, 5.74) is 1.13. The van der Waals surface area contributed by atoms with E-state index in [4.69, 9.17) is 11.6 Å². The molecule has 0 aliphatic rings. The molecule has 5 heteroatoms. The Morgan fingerprint density at radius 1 is 1.09 bits per heavy atom. The maximum Gasteiger partial charge on any atom is 0.336 e. The van der Waals surface area contributed by atoms with Crippen molar-refractivity contribution in [1.29, 1.82) is 0 Å². The van der Waals surface area contributed by atoms with E-state index in [0.717, 1.165) is 11.6 Å². The maximum atomic E-state index is 12.3. The van der Waals surface area contributed by atoms with Gasteiger partial charge in [-0.2, -0.15) is 0 Å². The molecule has 0 saturated carbocycles. The molecule has 3 aromatic rings. The van der Waals surface area contributed by atoms with Gasteiger partial charge in [0.05, 0.1) is 17.6 Å². The van der Waals surface area contributed by atoms with Crippen molar-refractivity contribution in [2.45, 2.75) is 6.54 Å². The van der Waals surface area contributed by atoms with Crippen LogP contribution in [-0.4, -0.2) is 15.6 Å². The Labute approximate surface area is 131 Å². The Balaban J connectivity index is 2.22. The van der Waals surface area contributed by atoms with Gasteiger partial charge in [0.25, 0.3) is 5.56 Å². The van der Waals surface area contributed by atoms with Gasteiger partial charge in [0, 0.05) is 16.5 Å². The normalized spacial score (nSPS) is 10.8. The molecule has 22 heavy (non-hydrogen) atoms. The summed E-state index contributed by atoms with van der Waals surface area (Å²) in [7, 11) is 0. The van der Waals surface area contributed by atoms with Gasteiger partial charge in [0.15, 0.2) is 0 Å². The summed E-state index contributed by atoms with van der Waals surface area (Å²) in [5.74, 6) is -1.11. The van der Waals surface area contributed by atoms with E-state index in [1.165, 1.54) is 0 Å². The van der Waals surface area contributed by atoms with E-state index in [9.17, 15) is 14.7 Å². The van der Waals surface area contributed by atoms with Crippen LogP contribution in [0.1, 0.15) is 15.9 Å². The molecule has 1 N–H and O–H groups in total. The lowest BCUT2D eigenvalue weighted by Crippen LogP contribution is -2.22. The molecule has 0 atom stereocenters. The molecule has 0 fully saturated rings. The first kappa shape index (κ1) is 14.4. The van der Waals surface area contributed by atoms with Crippen molar-refractivity contribution in [2.24, 2.45) is 0 Å². The van der Waals surface area contributed by atoms with Gasteiger partial charge in [-0.15, -0.1) is 0 Å². The number of pyridine rings is 1. The average Bonchev–Trinajstić information content (AvgIpc) is 2.49. The molecule has 0 radical (unpaired) electrons. The number of aromatic nitrogens is 1. The van der Waals surface area contributed by atoms with Gasteiger partial charge < -0.3 is 9.67 Å². The number of hydrogen-bond donors (Lipinski definition) is 1.